The fourth-order valence-electron chi connectivity index (χ4n) is 2.75. The van der Waals surface area contributed by atoms with E-state index in [1.54, 1.807) is 5.57 Å². The smallest absolute Gasteiger partial charge is 0.0167 e. The van der Waals surface area contributed by atoms with Gasteiger partial charge in [-0.2, -0.15) is 0 Å². The van der Waals surface area contributed by atoms with Crippen LogP contribution in [0.15, 0.2) is 35.9 Å². The summed E-state index contributed by atoms with van der Waals surface area (Å²) in [5.41, 5.74) is 2.92. The van der Waals surface area contributed by atoms with Crippen molar-refractivity contribution < 1.29 is 0 Å². The second-order valence-corrected chi connectivity index (χ2v) is 5.00. The van der Waals surface area contributed by atoms with Gasteiger partial charge in [0.2, 0.25) is 0 Å². The Labute approximate surface area is 105 Å². The first-order chi connectivity index (χ1) is 8.40. The highest BCUT2D eigenvalue weighted by molar-refractivity contribution is 5.53. The molecule has 1 aromatic rings. The van der Waals surface area contributed by atoms with Crippen LogP contribution in [0.1, 0.15) is 37.7 Å². The quantitative estimate of drug-likeness (QED) is 0.826. The Hall–Kier alpha value is -1.08. The summed E-state index contributed by atoms with van der Waals surface area (Å²) in [4.78, 5) is 0. The lowest BCUT2D eigenvalue weighted by Crippen LogP contribution is -2.19. The van der Waals surface area contributed by atoms with Gasteiger partial charge in [0.25, 0.3) is 0 Å². The minimum Gasteiger partial charge on any atom is -0.316 e. The average molecular weight is 229 g/mol. The molecule has 17 heavy (non-hydrogen) atoms. The van der Waals surface area contributed by atoms with Crippen molar-refractivity contribution in [2.45, 2.75) is 32.1 Å². The Kier molecular flexibility index (Phi) is 4.81. The molecule has 0 bridgehead atoms. The molecule has 1 aliphatic carbocycles. The van der Waals surface area contributed by atoms with Gasteiger partial charge in [-0.25, -0.2) is 0 Å². The molecule has 1 saturated carbocycles. The molecule has 0 unspecified atom stereocenters. The van der Waals surface area contributed by atoms with E-state index < -0.39 is 0 Å². The van der Waals surface area contributed by atoms with Gasteiger partial charge in [0, 0.05) is 6.54 Å². The lowest BCUT2D eigenvalue weighted by Gasteiger charge is -2.24. The van der Waals surface area contributed by atoms with Gasteiger partial charge in [-0.05, 0) is 31.4 Å². The third kappa shape index (κ3) is 3.71. The molecule has 0 spiro atoms. The SMILES string of the molecule is CNCC(=Cc1ccccc1)C1CCCCC1. The highest BCUT2D eigenvalue weighted by Gasteiger charge is 2.17. The molecule has 0 saturated heterocycles. The van der Waals surface area contributed by atoms with Crippen molar-refractivity contribution in [1.29, 1.82) is 0 Å². The van der Waals surface area contributed by atoms with E-state index in [-0.39, 0.29) is 0 Å². The Morgan fingerprint density at radius 2 is 1.88 bits per heavy atom. The van der Waals surface area contributed by atoms with Crippen LogP contribution in [-0.2, 0) is 0 Å². The van der Waals surface area contributed by atoms with Crippen LogP contribution in [0, 0.1) is 5.92 Å². The van der Waals surface area contributed by atoms with Gasteiger partial charge < -0.3 is 5.32 Å². The molecule has 92 valence electrons. The number of hydrogen-bond acceptors (Lipinski definition) is 1. The Morgan fingerprint density at radius 3 is 2.53 bits per heavy atom. The first-order valence-corrected chi connectivity index (χ1v) is 6.80. The van der Waals surface area contributed by atoms with Gasteiger partial charge in [-0.3, -0.25) is 0 Å². The summed E-state index contributed by atoms with van der Waals surface area (Å²) in [6.07, 6.45) is 9.36. The molecule has 0 radical (unpaired) electrons. The van der Waals surface area contributed by atoms with Gasteiger partial charge >= 0.3 is 0 Å². The summed E-state index contributed by atoms with van der Waals surface area (Å²) >= 11 is 0. The molecule has 2 rings (SSSR count). The number of benzene rings is 1. The zero-order valence-electron chi connectivity index (χ0n) is 10.8. The van der Waals surface area contributed by atoms with Gasteiger partial charge in [0.1, 0.15) is 0 Å². The summed E-state index contributed by atoms with van der Waals surface area (Å²) in [6, 6.07) is 10.7. The fourth-order valence-corrected chi connectivity index (χ4v) is 2.75. The summed E-state index contributed by atoms with van der Waals surface area (Å²) < 4.78 is 0. The predicted molar refractivity (Wildman–Crippen MR) is 74.9 cm³/mol. The Bertz CT molecular complexity index is 347. The number of rotatable bonds is 4. The number of likely N-dealkylation sites (N-methyl/N-ethyl adjacent to an activating group) is 1. The van der Waals surface area contributed by atoms with Crippen LogP contribution >= 0.6 is 0 Å². The fraction of sp³-hybridized carbons (Fsp3) is 0.500. The summed E-state index contributed by atoms with van der Waals surface area (Å²) in [6.45, 7) is 1.03. The third-order valence-corrected chi connectivity index (χ3v) is 3.66. The van der Waals surface area contributed by atoms with Gasteiger partial charge in [0.15, 0.2) is 0 Å². The van der Waals surface area contributed by atoms with Crippen molar-refractivity contribution in [3.8, 4) is 0 Å². The number of hydrogen-bond donors (Lipinski definition) is 1. The molecule has 0 atom stereocenters. The first-order valence-electron chi connectivity index (χ1n) is 6.80. The second-order valence-electron chi connectivity index (χ2n) is 5.00. The van der Waals surface area contributed by atoms with E-state index in [0.717, 1.165) is 12.5 Å². The van der Waals surface area contributed by atoms with E-state index in [4.69, 9.17) is 0 Å². The number of nitrogens with one attached hydrogen (secondary N) is 1. The lowest BCUT2D eigenvalue weighted by molar-refractivity contribution is 0.398. The molecule has 1 aromatic carbocycles. The van der Waals surface area contributed by atoms with Crippen molar-refractivity contribution in [3.63, 3.8) is 0 Å². The van der Waals surface area contributed by atoms with Gasteiger partial charge in [0.05, 0.1) is 0 Å². The van der Waals surface area contributed by atoms with Crippen LogP contribution in [0.3, 0.4) is 0 Å². The standard InChI is InChI=1S/C16H23N/c1-17-13-16(15-10-6-3-7-11-15)12-14-8-4-2-5-9-14/h2,4-5,8-9,12,15,17H,3,6-7,10-11,13H2,1H3. The molecule has 1 fully saturated rings. The van der Waals surface area contributed by atoms with Crippen molar-refractivity contribution in [2.24, 2.45) is 5.92 Å². The summed E-state index contributed by atoms with van der Waals surface area (Å²) in [5.74, 6) is 0.802. The first kappa shape index (κ1) is 12.4. The largest absolute Gasteiger partial charge is 0.316 e. The Morgan fingerprint density at radius 1 is 1.18 bits per heavy atom. The van der Waals surface area contributed by atoms with Crippen LogP contribution in [0.2, 0.25) is 0 Å². The molecular weight excluding hydrogens is 206 g/mol. The van der Waals surface area contributed by atoms with E-state index in [0.29, 0.717) is 0 Å². The van der Waals surface area contributed by atoms with Crippen molar-refractivity contribution >= 4 is 6.08 Å². The zero-order valence-corrected chi connectivity index (χ0v) is 10.8. The van der Waals surface area contributed by atoms with E-state index in [1.807, 2.05) is 7.05 Å². The van der Waals surface area contributed by atoms with Crippen molar-refractivity contribution in [2.75, 3.05) is 13.6 Å². The van der Waals surface area contributed by atoms with Crippen molar-refractivity contribution in [3.05, 3.63) is 41.5 Å². The molecule has 0 heterocycles. The van der Waals surface area contributed by atoms with Crippen LogP contribution in [0.25, 0.3) is 6.08 Å². The Balaban J connectivity index is 2.12. The normalized spacial score (nSPS) is 18.3. The van der Waals surface area contributed by atoms with Gasteiger partial charge in [-0.1, -0.05) is 61.2 Å². The van der Waals surface area contributed by atoms with Crippen LogP contribution < -0.4 is 5.32 Å². The molecule has 1 heteroatoms. The third-order valence-electron chi connectivity index (χ3n) is 3.66. The lowest BCUT2D eigenvalue weighted by atomic mass is 9.83. The van der Waals surface area contributed by atoms with E-state index >= 15 is 0 Å². The van der Waals surface area contributed by atoms with E-state index in [9.17, 15) is 0 Å². The highest BCUT2D eigenvalue weighted by Crippen LogP contribution is 2.30. The van der Waals surface area contributed by atoms with Crippen LogP contribution in [0.5, 0.6) is 0 Å². The van der Waals surface area contributed by atoms with Gasteiger partial charge in [-0.15, -0.1) is 0 Å². The van der Waals surface area contributed by atoms with E-state index in [1.165, 1.54) is 37.7 Å². The maximum atomic E-state index is 3.32. The topological polar surface area (TPSA) is 12.0 Å². The monoisotopic (exact) mass is 229 g/mol. The molecule has 0 aromatic heterocycles. The highest BCUT2D eigenvalue weighted by atomic mass is 14.8. The maximum Gasteiger partial charge on any atom is 0.0167 e. The molecule has 1 nitrogen and oxygen atoms in total. The second kappa shape index (κ2) is 6.61. The molecule has 0 amide bonds. The summed E-state index contributed by atoms with van der Waals surface area (Å²) in [5, 5.41) is 3.32. The van der Waals surface area contributed by atoms with Crippen molar-refractivity contribution in [1.82, 2.24) is 5.32 Å². The minimum atomic E-state index is 0.802. The molecule has 0 aliphatic heterocycles. The zero-order chi connectivity index (χ0) is 11.9. The molecule has 1 aliphatic rings. The molecular formula is C16H23N. The molecule has 1 N–H and O–H groups in total. The van der Waals surface area contributed by atoms with Crippen LogP contribution in [-0.4, -0.2) is 13.6 Å². The average Bonchev–Trinajstić information content (AvgIpc) is 2.40. The van der Waals surface area contributed by atoms with E-state index in [2.05, 4.69) is 41.7 Å². The summed E-state index contributed by atoms with van der Waals surface area (Å²) in [7, 11) is 2.04. The maximum absolute atomic E-state index is 3.32. The predicted octanol–water partition coefficient (Wildman–Crippen LogP) is 3.87. The minimum absolute atomic E-state index is 0.802. The van der Waals surface area contributed by atoms with Crippen LogP contribution in [0.4, 0.5) is 0 Å².